The normalized spacial score (nSPS) is 18.4. The Kier molecular flexibility index (Phi) is 5.18. The Balaban J connectivity index is 1.71. The van der Waals surface area contributed by atoms with Gasteiger partial charge in [-0.25, -0.2) is 9.88 Å². The van der Waals surface area contributed by atoms with Gasteiger partial charge in [-0.3, -0.25) is 9.36 Å². The van der Waals surface area contributed by atoms with E-state index in [1.807, 2.05) is 11.5 Å². The summed E-state index contributed by atoms with van der Waals surface area (Å²) >= 11 is 12.3. The highest BCUT2D eigenvalue weighted by Crippen LogP contribution is 2.43. The van der Waals surface area contributed by atoms with Gasteiger partial charge in [0, 0.05) is 22.2 Å². The van der Waals surface area contributed by atoms with Gasteiger partial charge in [0.15, 0.2) is 0 Å². The maximum Gasteiger partial charge on any atom is 0.573 e. The fourth-order valence-electron chi connectivity index (χ4n) is 3.88. The third-order valence-corrected chi connectivity index (χ3v) is 5.52. The molecule has 1 atom stereocenters. The van der Waals surface area contributed by atoms with E-state index in [0.29, 0.717) is 27.2 Å². The first kappa shape index (κ1) is 21.5. The maximum atomic E-state index is 13.6. The molecular formula is C21H16Cl2F3N3O2. The highest BCUT2D eigenvalue weighted by atomic mass is 35.5. The molecule has 4 rings (SSSR count). The van der Waals surface area contributed by atoms with E-state index in [9.17, 15) is 18.0 Å². The molecular weight excluding hydrogens is 454 g/mol. The van der Waals surface area contributed by atoms with Gasteiger partial charge in [0.2, 0.25) is 5.95 Å². The first-order chi connectivity index (χ1) is 14.5. The third-order valence-electron chi connectivity index (χ3n) is 5.09. The molecule has 0 saturated heterocycles. The molecule has 1 aromatic heterocycles. The number of alkyl halides is 3. The summed E-state index contributed by atoms with van der Waals surface area (Å²) in [4.78, 5) is 19.4. The van der Waals surface area contributed by atoms with Crippen molar-refractivity contribution < 1.29 is 22.7 Å². The van der Waals surface area contributed by atoms with Gasteiger partial charge in [0.05, 0.1) is 11.9 Å². The van der Waals surface area contributed by atoms with Gasteiger partial charge in [-0.15, -0.1) is 13.2 Å². The molecule has 0 N–H and O–H groups in total. The SMILES string of the molecule is Cc1cnc2n1C(C)(Cc1ccc(OC(F)(F)F)cc1)C(=O)N2c1cc(Cl)cc(Cl)c1. The van der Waals surface area contributed by atoms with Crippen LogP contribution in [0.15, 0.2) is 48.7 Å². The number of anilines is 2. The summed E-state index contributed by atoms with van der Waals surface area (Å²) in [5.74, 6) is -0.165. The minimum absolute atomic E-state index is 0.229. The Hall–Kier alpha value is -2.71. The number of hydrogen-bond acceptors (Lipinski definition) is 3. The van der Waals surface area contributed by atoms with Crippen LogP contribution in [0, 0.1) is 6.92 Å². The Morgan fingerprint density at radius 1 is 1.10 bits per heavy atom. The smallest absolute Gasteiger partial charge is 0.406 e. The number of fused-ring (bicyclic) bond motifs is 1. The number of benzene rings is 2. The monoisotopic (exact) mass is 469 g/mol. The third kappa shape index (κ3) is 3.97. The molecule has 10 heteroatoms. The van der Waals surface area contributed by atoms with Crippen LogP contribution in [0.5, 0.6) is 5.75 Å². The lowest BCUT2D eigenvalue weighted by Gasteiger charge is -2.26. The zero-order valence-corrected chi connectivity index (χ0v) is 17.9. The summed E-state index contributed by atoms with van der Waals surface area (Å²) in [6.07, 6.45) is -2.89. The lowest BCUT2D eigenvalue weighted by molar-refractivity contribution is -0.274. The van der Waals surface area contributed by atoms with Crippen LogP contribution in [0.2, 0.25) is 10.0 Å². The highest BCUT2D eigenvalue weighted by molar-refractivity contribution is 6.35. The Morgan fingerprint density at radius 3 is 2.29 bits per heavy atom. The van der Waals surface area contributed by atoms with Crippen molar-refractivity contribution in [1.29, 1.82) is 0 Å². The first-order valence-corrected chi connectivity index (χ1v) is 9.94. The van der Waals surface area contributed by atoms with Gasteiger partial charge >= 0.3 is 6.36 Å². The number of aryl methyl sites for hydroxylation is 1. The van der Waals surface area contributed by atoms with Crippen molar-refractivity contribution in [3.05, 3.63) is 70.0 Å². The van der Waals surface area contributed by atoms with E-state index < -0.39 is 11.9 Å². The van der Waals surface area contributed by atoms with E-state index in [-0.39, 0.29) is 18.1 Å². The van der Waals surface area contributed by atoms with Crippen molar-refractivity contribution in [2.75, 3.05) is 4.90 Å². The average Bonchev–Trinajstić information content (AvgIpc) is 3.12. The van der Waals surface area contributed by atoms with Gasteiger partial charge in [-0.2, -0.15) is 0 Å². The van der Waals surface area contributed by atoms with Crippen molar-refractivity contribution in [1.82, 2.24) is 9.55 Å². The van der Waals surface area contributed by atoms with Crippen molar-refractivity contribution >= 4 is 40.7 Å². The van der Waals surface area contributed by atoms with Crippen LogP contribution in [0.4, 0.5) is 24.8 Å². The maximum absolute atomic E-state index is 13.6. The fraction of sp³-hybridized carbons (Fsp3) is 0.238. The Labute approximate surface area is 186 Å². The number of aromatic nitrogens is 2. The summed E-state index contributed by atoms with van der Waals surface area (Å²) in [6, 6.07) is 10.3. The lowest BCUT2D eigenvalue weighted by atomic mass is 9.91. The molecule has 2 aromatic carbocycles. The standard InChI is InChI=1S/C21H16Cl2F3N3O2/c1-12-11-27-19-28(16-8-14(22)7-15(23)9-16)18(30)20(2,29(12)19)10-13-3-5-17(6-4-13)31-21(24,25)26/h3-9,11H,10H2,1-2H3. The molecule has 31 heavy (non-hydrogen) atoms. The van der Waals surface area contributed by atoms with E-state index >= 15 is 0 Å². The quantitative estimate of drug-likeness (QED) is 0.468. The zero-order valence-electron chi connectivity index (χ0n) is 16.4. The Bertz CT molecular complexity index is 1140. The highest BCUT2D eigenvalue weighted by Gasteiger charge is 2.49. The van der Waals surface area contributed by atoms with Crippen molar-refractivity contribution in [3.8, 4) is 5.75 Å². The van der Waals surface area contributed by atoms with Crippen molar-refractivity contribution in [2.45, 2.75) is 32.2 Å². The average molecular weight is 470 g/mol. The van der Waals surface area contributed by atoms with E-state index in [2.05, 4.69) is 9.72 Å². The Morgan fingerprint density at radius 2 is 1.71 bits per heavy atom. The molecule has 0 aliphatic carbocycles. The number of hydrogen-bond donors (Lipinski definition) is 0. The molecule has 0 bridgehead atoms. The molecule has 1 aliphatic rings. The summed E-state index contributed by atoms with van der Waals surface area (Å²) < 4.78 is 43.0. The van der Waals surface area contributed by atoms with Crippen LogP contribution in [0.1, 0.15) is 18.2 Å². The van der Waals surface area contributed by atoms with Crippen LogP contribution < -0.4 is 9.64 Å². The fourth-order valence-corrected chi connectivity index (χ4v) is 4.40. The lowest BCUT2D eigenvalue weighted by Crippen LogP contribution is -2.41. The van der Waals surface area contributed by atoms with Crippen LogP contribution in [-0.4, -0.2) is 21.8 Å². The van der Waals surface area contributed by atoms with Crippen molar-refractivity contribution in [3.63, 3.8) is 0 Å². The second-order valence-electron chi connectivity index (χ2n) is 7.45. The molecule has 0 saturated carbocycles. The molecule has 5 nitrogen and oxygen atoms in total. The molecule has 0 radical (unpaired) electrons. The van der Waals surface area contributed by atoms with E-state index in [1.165, 1.54) is 29.2 Å². The van der Waals surface area contributed by atoms with E-state index in [4.69, 9.17) is 23.2 Å². The molecule has 2 heterocycles. The predicted molar refractivity (Wildman–Crippen MR) is 111 cm³/mol. The second-order valence-corrected chi connectivity index (χ2v) is 8.32. The predicted octanol–water partition coefficient (Wildman–Crippen LogP) is 6.03. The van der Waals surface area contributed by atoms with Crippen LogP contribution in [-0.2, 0) is 16.8 Å². The number of imidazole rings is 1. The molecule has 1 aliphatic heterocycles. The topological polar surface area (TPSA) is 47.4 Å². The largest absolute Gasteiger partial charge is 0.573 e. The number of rotatable bonds is 4. The van der Waals surface area contributed by atoms with Crippen LogP contribution >= 0.6 is 23.2 Å². The zero-order chi connectivity index (χ0) is 22.6. The number of halogens is 5. The first-order valence-electron chi connectivity index (χ1n) is 9.18. The van der Waals surface area contributed by atoms with Gasteiger partial charge < -0.3 is 4.74 Å². The second kappa shape index (κ2) is 7.46. The summed E-state index contributed by atoms with van der Waals surface area (Å²) in [7, 11) is 0. The number of carbonyl (C=O) groups is 1. The van der Waals surface area contributed by atoms with E-state index in [1.54, 1.807) is 31.3 Å². The molecule has 1 amide bonds. The number of amides is 1. The van der Waals surface area contributed by atoms with Gasteiger partial charge in [0.25, 0.3) is 5.91 Å². The van der Waals surface area contributed by atoms with Gasteiger partial charge in [-0.1, -0.05) is 35.3 Å². The molecule has 0 spiro atoms. The van der Waals surface area contributed by atoms with Gasteiger partial charge in [0.1, 0.15) is 11.3 Å². The molecule has 0 fully saturated rings. The molecule has 162 valence electrons. The molecule has 1 unspecified atom stereocenters. The minimum atomic E-state index is -4.77. The molecule has 3 aromatic rings. The number of carbonyl (C=O) groups excluding carboxylic acids is 1. The van der Waals surface area contributed by atoms with Crippen molar-refractivity contribution in [2.24, 2.45) is 0 Å². The summed E-state index contributed by atoms with van der Waals surface area (Å²) in [6.45, 7) is 3.59. The van der Waals surface area contributed by atoms with Crippen LogP contribution in [0.3, 0.4) is 0 Å². The number of ether oxygens (including phenoxy) is 1. The summed E-state index contributed by atoms with van der Waals surface area (Å²) in [5, 5.41) is 0.748. The summed E-state index contributed by atoms with van der Waals surface area (Å²) in [5.41, 5.74) is 0.845. The van der Waals surface area contributed by atoms with E-state index in [0.717, 1.165) is 5.69 Å². The number of nitrogens with zero attached hydrogens (tertiary/aromatic N) is 3. The van der Waals surface area contributed by atoms with Crippen LogP contribution in [0.25, 0.3) is 0 Å². The minimum Gasteiger partial charge on any atom is -0.406 e. The van der Waals surface area contributed by atoms with Gasteiger partial charge in [-0.05, 0) is 49.7 Å².